The summed E-state index contributed by atoms with van der Waals surface area (Å²) in [5, 5.41) is 3.98. The molecule has 2 aromatic heterocycles. The first kappa shape index (κ1) is 15.5. The van der Waals surface area contributed by atoms with Crippen molar-refractivity contribution >= 4 is 5.91 Å². The zero-order valence-electron chi connectivity index (χ0n) is 13.7. The number of benzene rings is 1. The van der Waals surface area contributed by atoms with Gasteiger partial charge in [0.05, 0.1) is 0 Å². The predicted octanol–water partition coefficient (Wildman–Crippen LogP) is 2.69. The third-order valence-electron chi connectivity index (χ3n) is 4.44. The Morgan fingerprint density at radius 3 is 2.76 bits per heavy atom. The molecule has 0 bridgehead atoms. The summed E-state index contributed by atoms with van der Waals surface area (Å²) in [5.74, 6) is 1.57. The summed E-state index contributed by atoms with van der Waals surface area (Å²) >= 11 is 0. The van der Waals surface area contributed by atoms with Crippen LogP contribution in [0.1, 0.15) is 23.8 Å². The lowest BCUT2D eigenvalue weighted by atomic mass is 9.92. The number of aryl methyl sites for hydroxylation is 1. The van der Waals surface area contributed by atoms with E-state index in [0.717, 1.165) is 18.7 Å². The molecule has 3 heterocycles. The number of likely N-dealkylation sites (tertiary alicyclic amines) is 1. The summed E-state index contributed by atoms with van der Waals surface area (Å²) < 4.78 is 5.25. The standard InChI is InChI=1S/C19H18N4O2/c24-18(23-12-16(13-23)15-7-4-10-20-11-15)9-8-17-21-19(22-25-17)14-5-2-1-3-6-14/h1-7,10-11,16H,8-9,12-13H2. The van der Waals surface area contributed by atoms with Gasteiger partial charge < -0.3 is 9.42 Å². The molecule has 1 saturated heterocycles. The topological polar surface area (TPSA) is 72.1 Å². The number of carbonyl (C=O) groups excluding carboxylic acids is 1. The zero-order valence-corrected chi connectivity index (χ0v) is 13.7. The van der Waals surface area contributed by atoms with E-state index in [1.54, 1.807) is 6.20 Å². The molecule has 6 nitrogen and oxygen atoms in total. The van der Waals surface area contributed by atoms with Crippen LogP contribution in [0.4, 0.5) is 0 Å². The minimum atomic E-state index is 0.125. The highest BCUT2D eigenvalue weighted by Gasteiger charge is 2.31. The number of hydrogen-bond acceptors (Lipinski definition) is 5. The first-order chi connectivity index (χ1) is 12.3. The van der Waals surface area contributed by atoms with Gasteiger partial charge in [-0.15, -0.1) is 0 Å². The molecule has 0 saturated carbocycles. The molecule has 0 aliphatic carbocycles. The minimum Gasteiger partial charge on any atom is -0.341 e. The summed E-state index contributed by atoms with van der Waals surface area (Å²) in [6, 6.07) is 13.6. The normalized spacial score (nSPS) is 14.3. The van der Waals surface area contributed by atoms with Crippen LogP contribution in [0.5, 0.6) is 0 Å². The monoisotopic (exact) mass is 334 g/mol. The van der Waals surface area contributed by atoms with Crippen LogP contribution >= 0.6 is 0 Å². The van der Waals surface area contributed by atoms with E-state index in [1.807, 2.05) is 47.5 Å². The molecule has 0 spiro atoms. The van der Waals surface area contributed by atoms with E-state index < -0.39 is 0 Å². The molecule has 3 aromatic rings. The Bertz CT molecular complexity index is 842. The molecule has 1 aromatic carbocycles. The van der Waals surface area contributed by atoms with E-state index in [9.17, 15) is 4.79 Å². The summed E-state index contributed by atoms with van der Waals surface area (Å²) in [7, 11) is 0. The second-order valence-electron chi connectivity index (χ2n) is 6.16. The Morgan fingerprint density at radius 1 is 1.16 bits per heavy atom. The lowest BCUT2D eigenvalue weighted by Crippen LogP contribution is -2.48. The van der Waals surface area contributed by atoms with Crippen molar-refractivity contribution in [2.24, 2.45) is 0 Å². The van der Waals surface area contributed by atoms with Crippen LogP contribution in [0.2, 0.25) is 0 Å². The summed E-state index contributed by atoms with van der Waals surface area (Å²) in [6.45, 7) is 1.51. The van der Waals surface area contributed by atoms with Crippen LogP contribution in [0.25, 0.3) is 11.4 Å². The maximum atomic E-state index is 12.3. The molecule has 25 heavy (non-hydrogen) atoms. The molecule has 4 rings (SSSR count). The first-order valence-electron chi connectivity index (χ1n) is 8.35. The smallest absolute Gasteiger partial charge is 0.227 e. The maximum Gasteiger partial charge on any atom is 0.227 e. The van der Waals surface area contributed by atoms with Gasteiger partial charge in [-0.25, -0.2) is 0 Å². The lowest BCUT2D eigenvalue weighted by molar-refractivity contribution is -0.135. The van der Waals surface area contributed by atoms with Crippen LogP contribution < -0.4 is 0 Å². The van der Waals surface area contributed by atoms with Gasteiger partial charge in [0.2, 0.25) is 17.6 Å². The molecule has 0 radical (unpaired) electrons. The van der Waals surface area contributed by atoms with Crippen molar-refractivity contribution in [3.63, 3.8) is 0 Å². The minimum absolute atomic E-state index is 0.125. The average molecular weight is 334 g/mol. The number of amides is 1. The van der Waals surface area contributed by atoms with Gasteiger partial charge in [-0.3, -0.25) is 9.78 Å². The van der Waals surface area contributed by atoms with E-state index in [4.69, 9.17) is 4.52 Å². The molecule has 1 fully saturated rings. The van der Waals surface area contributed by atoms with Crippen molar-refractivity contribution in [3.8, 4) is 11.4 Å². The Labute approximate surface area is 145 Å². The molecule has 126 valence electrons. The Balaban J connectivity index is 1.28. The number of hydrogen-bond donors (Lipinski definition) is 0. The third-order valence-corrected chi connectivity index (χ3v) is 4.44. The van der Waals surface area contributed by atoms with Gasteiger partial charge in [0.1, 0.15) is 0 Å². The number of rotatable bonds is 5. The van der Waals surface area contributed by atoms with Gasteiger partial charge in [-0.05, 0) is 11.6 Å². The summed E-state index contributed by atoms with van der Waals surface area (Å²) in [5.41, 5.74) is 2.10. The van der Waals surface area contributed by atoms with Crippen LogP contribution in [-0.4, -0.2) is 39.0 Å². The van der Waals surface area contributed by atoms with Gasteiger partial charge in [-0.2, -0.15) is 4.98 Å². The fraction of sp³-hybridized carbons (Fsp3) is 0.263. The van der Waals surface area contributed by atoms with E-state index in [1.165, 1.54) is 5.56 Å². The highest BCUT2D eigenvalue weighted by Crippen LogP contribution is 2.27. The molecular weight excluding hydrogens is 316 g/mol. The van der Waals surface area contributed by atoms with Crippen molar-refractivity contribution in [1.82, 2.24) is 20.0 Å². The van der Waals surface area contributed by atoms with Crippen LogP contribution in [0, 0.1) is 0 Å². The number of aromatic nitrogens is 3. The Hall–Kier alpha value is -3.02. The van der Waals surface area contributed by atoms with Gasteiger partial charge in [0, 0.05) is 49.8 Å². The van der Waals surface area contributed by atoms with E-state index >= 15 is 0 Å². The molecule has 1 aliphatic heterocycles. The van der Waals surface area contributed by atoms with Crippen LogP contribution in [0.15, 0.2) is 59.4 Å². The van der Waals surface area contributed by atoms with E-state index in [0.29, 0.717) is 30.5 Å². The average Bonchev–Trinajstić information content (AvgIpc) is 3.09. The molecule has 0 N–H and O–H groups in total. The molecule has 6 heteroatoms. The Morgan fingerprint density at radius 2 is 2.00 bits per heavy atom. The first-order valence-corrected chi connectivity index (χ1v) is 8.35. The largest absolute Gasteiger partial charge is 0.341 e. The fourth-order valence-electron chi connectivity index (χ4n) is 2.94. The van der Waals surface area contributed by atoms with E-state index in [2.05, 4.69) is 21.2 Å². The highest BCUT2D eigenvalue weighted by atomic mass is 16.5. The second kappa shape index (κ2) is 6.84. The van der Waals surface area contributed by atoms with Gasteiger partial charge in [0.25, 0.3) is 0 Å². The molecule has 0 unspecified atom stereocenters. The van der Waals surface area contributed by atoms with Crippen LogP contribution in [0.3, 0.4) is 0 Å². The van der Waals surface area contributed by atoms with Crippen molar-refractivity contribution in [3.05, 3.63) is 66.3 Å². The molecule has 0 atom stereocenters. The molecular formula is C19H18N4O2. The second-order valence-corrected chi connectivity index (χ2v) is 6.16. The molecule has 1 amide bonds. The van der Waals surface area contributed by atoms with Crippen molar-refractivity contribution in [2.45, 2.75) is 18.8 Å². The van der Waals surface area contributed by atoms with Crippen LogP contribution in [-0.2, 0) is 11.2 Å². The number of nitrogens with zero attached hydrogens (tertiary/aromatic N) is 4. The summed E-state index contributed by atoms with van der Waals surface area (Å²) in [4.78, 5) is 22.6. The van der Waals surface area contributed by atoms with Gasteiger partial charge >= 0.3 is 0 Å². The van der Waals surface area contributed by atoms with Crippen molar-refractivity contribution < 1.29 is 9.32 Å². The SMILES string of the molecule is O=C(CCc1nc(-c2ccccc2)no1)N1CC(c2cccnc2)C1. The van der Waals surface area contributed by atoms with Crippen molar-refractivity contribution in [1.29, 1.82) is 0 Å². The highest BCUT2D eigenvalue weighted by molar-refractivity contribution is 5.77. The predicted molar refractivity (Wildman–Crippen MR) is 91.6 cm³/mol. The molecule has 1 aliphatic rings. The quantitative estimate of drug-likeness (QED) is 0.717. The number of carbonyl (C=O) groups is 1. The lowest BCUT2D eigenvalue weighted by Gasteiger charge is -2.39. The maximum absolute atomic E-state index is 12.3. The van der Waals surface area contributed by atoms with Gasteiger partial charge in [-0.1, -0.05) is 41.6 Å². The number of pyridine rings is 1. The third kappa shape index (κ3) is 3.42. The fourth-order valence-corrected chi connectivity index (χ4v) is 2.94. The zero-order chi connectivity index (χ0) is 17.1. The van der Waals surface area contributed by atoms with Crippen molar-refractivity contribution in [2.75, 3.05) is 13.1 Å². The van der Waals surface area contributed by atoms with E-state index in [-0.39, 0.29) is 5.91 Å². The summed E-state index contributed by atoms with van der Waals surface area (Å²) in [6.07, 6.45) is 4.48. The van der Waals surface area contributed by atoms with Gasteiger partial charge in [0.15, 0.2) is 0 Å². The Kier molecular flexibility index (Phi) is 4.24.